The Balaban J connectivity index is 1.46. The van der Waals surface area contributed by atoms with E-state index in [0.29, 0.717) is 12.5 Å². The standard InChI is InChI=1S/C18H18N6O/c1-13-20-9-6-17(21-13)23-10-14(11-23)12-24-18(25)3-2-16(22-24)15-4-7-19-8-5-15/h2-9,14H,10-12H2,1H3. The van der Waals surface area contributed by atoms with Gasteiger partial charge >= 0.3 is 0 Å². The third kappa shape index (κ3) is 3.26. The van der Waals surface area contributed by atoms with Crippen molar-refractivity contribution in [2.75, 3.05) is 18.0 Å². The minimum atomic E-state index is -0.0749. The van der Waals surface area contributed by atoms with Gasteiger partial charge in [-0.3, -0.25) is 9.78 Å². The van der Waals surface area contributed by atoms with Gasteiger partial charge in [0.05, 0.1) is 12.2 Å². The summed E-state index contributed by atoms with van der Waals surface area (Å²) >= 11 is 0. The molecule has 7 nitrogen and oxygen atoms in total. The van der Waals surface area contributed by atoms with E-state index < -0.39 is 0 Å². The molecular formula is C18H18N6O. The van der Waals surface area contributed by atoms with Gasteiger partial charge in [-0.1, -0.05) is 0 Å². The summed E-state index contributed by atoms with van der Waals surface area (Å²) in [5, 5.41) is 4.51. The van der Waals surface area contributed by atoms with E-state index >= 15 is 0 Å². The molecule has 1 aliphatic heterocycles. The fraction of sp³-hybridized carbons (Fsp3) is 0.278. The van der Waals surface area contributed by atoms with Gasteiger partial charge in [-0.25, -0.2) is 14.6 Å². The monoisotopic (exact) mass is 334 g/mol. The highest BCUT2D eigenvalue weighted by atomic mass is 16.1. The number of nitrogens with zero attached hydrogens (tertiary/aromatic N) is 6. The van der Waals surface area contributed by atoms with Crippen molar-refractivity contribution in [3.63, 3.8) is 0 Å². The van der Waals surface area contributed by atoms with Crippen molar-refractivity contribution in [1.29, 1.82) is 0 Å². The van der Waals surface area contributed by atoms with Crippen LogP contribution in [-0.4, -0.2) is 37.8 Å². The van der Waals surface area contributed by atoms with Crippen LogP contribution >= 0.6 is 0 Å². The second kappa shape index (κ2) is 6.43. The Bertz CT molecular complexity index is 934. The second-order valence-electron chi connectivity index (χ2n) is 6.21. The van der Waals surface area contributed by atoms with Crippen LogP contribution in [0.25, 0.3) is 11.3 Å². The largest absolute Gasteiger partial charge is 0.356 e. The zero-order valence-corrected chi connectivity index (χ0v) is 13.9. The third-order valence-corrected chi connectivity index (χ3v) is 4.32. The molecule has 3 aromatic heterocycles. The molecular weight excluding hydrogens is 316 g/mol. The summed E-state index contributed by atoms with van der Waals surface area (Å²) in [7, 11) is 0. The van der Waals surface area contributed by atoms with E-state index in [1.165, 1.54) is 0 Å². The third-order valence-electron chi connectivity index (χ3n) is 4.32. The molecule has 0 spiro atoms. The lowest BCUT2D eigenvalue weighted by atomic mass is 10.0. The molecule has 4 heterocycles. The Kier molecular flexibility index (Phi) is 3.97. The maximum Gasteiger partial charge on any atom is 0.266 e. The summed E-state index contributed by atoms with van der Waals surface area (Å²) in [6.07, 6.45) is 5.22. The molecule has 4 rings (SSSR count). The molecule has 0 bridgehead atoms. The minimum absolute atomic E-state index is 0.0749. The number of rotatable bonds is 4. The first-order valence-electron chi connectivity index (χ1n) is 8.22. The maximum atomic E-state index is 12.1. The van der Waals surface area contributed by atoms with Crippen LogP contribution in [0, 0.1) is 12.8 Å². The number of anilines is 1. The minimum Gasteiger partial charge on any atom is -0.356 e. The molecule has 1 aliphatic rings. The first kappa shape index (κ1) is 15.4. The molecule has 0 unspecified atom stereocenters. The summed E-state index contributed by atoms with van der Waals surface area (Å²) in [4.78, 5) is 26.9. The smallest absolute Gasteiger partial charge is 0.266 e. The molecule has 0 amide bonds. The van der Waals surface area contributed by atoms with Crippen molar-refractivity contribution in [3.8, 4) is 11.3 Å². The van der Waals surface area contributed by atoms with Crippen LogP contribution in [-0.2, 0) is 6.54 Å². The van der Waals surface area contributed by atoms with E-state index in [0.717, 1.165) is 36.0 Å². The van der Waals surface area contributed by atoms with E-state index in [-0.39, 0.29) is 5.56 Å². The number of hydrogen-bond donors (Lipinski definition) is 0. The van der Waals surface area contributed by atoms with Gasteiger partial charge in [-0.05, 0) is 31.2 Å². The summed E-state index contributed by atoms with van der Waals surface area (Å²) in [5.74, 6) is 2.09. The molecule has 0 aromatic carbocycles. The molecule has 25 heavy (non-hydrogen) atoms. The lowest BCUT2D eigenvalue weighted by Gasteiger charge is -2.40. The second-order valence-corrected chi connectivity index (χ2v) is 6.21. The van der Waals surface area contributed by atoms with Crippen molar-refractivity contribution in [3.05, 3.63) is 65.1 Å². The van der Waals surface area contributed by atoms with E-state index in [1.54, 1.807) is 35.4 Å². The number of hydrogen-bond acceptors (Lipinski definition) is 6. The Morgan fingerprint density at radius 2 is 1.88 bits per heavy atom. The molecule has 1 fully saturated rings. The highest BCUT2D eigenvalue weighted by Gasteiger charge is 2.28. The SMILES string of the molecule is Cc1nccc(N2CC(Cn3nc(-c4ccncc4)ccc3=O)C2)n1. The molecule has 0 saturated carbocycles. The summed E-state index contributed by atoms with van der Waals surface area (Å²) in [5.41, 5.74) is 1.66. The van der Waals surface area contributed by atoms with Crippen molar-refractivity contribution >= 4 is 5.82 Å². The Labute approximate surface area is 145 Å². The van der Waals surface area contributed by atoms with Crippen molar-refractivity contribution in [2.24, 2.45) is 5.92 Å². The normalized spacial score (nSPS) is 14.4. The average molecular weight is 334 g/mol. The molecule has 126 valence electrons. The van der Waals surface area contributed by atoms with Crippen molar-refractivity contribution < 1.29 is 0 Å². The van der Waals surface area contributed by atoms with Gasteiger partial charge in [0.25, 0.3) is 5.56 Å². The molecule has 1 saturated heterocycles. The summed E-state index contributed by atoms with van der Waals surface area (Å²) in [6.45, 7) is 4.22. The van der Waals surface area contributed by atoms with Crippen LogP contribution in [0.1, 0.15) is 5.82 Å². The van der Waals surface area contributed by atoms with E-state index in [9.17, 15) is 4.79 Å². The predicted molar refractivity (Wildman–Crippen MR) is 94.2 cm³/mol. The highest BCUT2D eigenvalue weighted by Crippen LogP contribution is 2.23. The van der Waals surface area contributed by atoms with Crippen molar-refractivity contribution in [1.82, 2.24) is 24.7 Å². The van der Waals surface area contributed by atoms with Crippen LogP contribution in [0.3, 0.4) is 0 Å². The number of aryl methyl sites for hydroxylation is 1. The fourth-order valence-corrected chi connectivity index (χ4v) is 2.99. The lowest BCUT2D eigenvalue weighted by Crippen LogP contribution is -2.50. The van der Waals surface area contributed by atoms with Gasteiger partial charge in [0.2, 0.25) is 0 Å². The van der Waals surface area contributed by atoms with Gasteiger partial charge in [-0.2, -0.15) is 5.10 Å². The molecule has 0 radical (unpaired) electrons. The number of aromatic nitrogens is 5. The average Bonchev–Trinajstić information content (AvgIpc) is 2.60. The Morgan fingerprint density at radius 1 is 1.08 bits per heavy atom. The molecule has 0 atom stereocenters. The maximum absolute atomic E-state index is 12.1. The molecule has 0 N–H and O–H groups in total. The van der Waals surface area contributed by atoms with Crippen LogP contribution in [0.5, 0.6) is 0 Å². The van der Waals surface area contributed by atoms with Crippen LogP contribution < -0.4 is 10.5 Å². The number of pyridine rings is 1. The lowest BCUT2D eigenvalue weighted by molar-refractivity contribution is 0.333. The van der Waals surface area contributed by atoms with Crippen LogP contribution in [0.4, 0.5) is 5.82 Å². The van der Waals surface area contributed by atoms with Gasteiger partial charge in [0.15, 0.2) is 0 Å². The first-order chi connectivity index (χ1) is 12.2. The highest BCUT2D eigenvalue weighted by molar-refractivity contribution is 5.57. The van der Waals surface area contributed by atoms with Crippen LogP contribution in [0.2, 0.25) is 0 Å². The van der Waals surface area contributed by atoms with Gasteiger partial charge < -0.3 is 4.90 Å². The molecule has 7 heteroatoms. The van der Waals surface area contributed by atoms with Gasteiger partial charge in [0, 0.05) is 49.2 Å². The van der Waals surface area contributed by atoms with E-state index in [4.69, 9.17) is 0 Å². The Morgan fingerprint density at radius 3 is 2.64 bits per heavy atom. The van der Waals surface area contributed by atoms with E-state index in [2.05, 4.69) is 25.0 Å². The molecule has 0 aliphatic carbocycles. The molecule has 3 aromatic rings. The summed E-state index contributed by atoms with van der Waals surface area (Å²) in [6, 6.07) is 9.02. The zero-order valence-electron chi connectivity index (χ0n) is 13.9. The summed E-state index contributed by atoms with van der Waals surface area (Å²) < 4.78 is 1.56. The van der Waals surface area contributed by atoms with E-state index in [1.807, 2.05) is 25.1 Å². The van der Waals surface area contributed by atoms with Gasteiger partial charge in [-0.15, -0.1) is 0 Å². The zero-order chi connectivity index (χ0) is 17.2. The quantitative estimate of drug-likeness (QED) is 0.720. The van der Waals surface area contributed by atoms with Crippen molar-refractivity contribution in [2.45, 2.75) is 13.5 Å². The fourth-order valence-electron chi connectivity index (χ4n) is 2.99. The van der Waals surface area contributed by atoms with Crippen LogP contribution in [0.15, 0.2) is 53.7 Å². The predicted octanol–water partition coefficient (Wildman–Crippen LogP) is 1.54. The first-order valence-corrected chi connectivity index (χ1v) is 8.22. The Hall–Kier alpha value is -3.09. The topological polar surface area (TPSA) is 76.8 Å². The van der Waals surface area contributed by atoms with Gasteiger partial charge in [0.1, 0.15) is 11.6 Å².